The Balaban J connectivity index is 1.78. The lowest BCUT2D eigenvalue weighted by Crippen LogP contribution is -2.53. The van der Waals surface area contributed by atoms with Crippen molar-refractivity contribution in [2.75, 3.05) is 17.4 Å². The van der Waals surface area contributed by atoms with E-state index in [1.54, 1.807) is 73.7 Å². The number of hydrogen-bond acceptors (Lipinski definition) is 4. The maximum absolute atomic E-state index is 14.3. The Morgan fingerprint density at radius 2 is 1.31 bits per heavy atom. The van der Waals surface area contributed by atoms with Gasteiger partial charge in [-0.15, -0.1) is 0 Å². The maximum atomic E-state index is 14.3. The number of likely N-dealkylation sites (N-methyl/N-ethyl adjacent to an activating group) is 1. The third-order valence-corrected chi connectivity index (χ3v) is 8.90. The molecule has 0 aliphatic heterocycles. The summed E-state index contributed by atoms with van der Waals surface area (Å²) in [5.74, 6) is -0.890. The molecular formula is C32H31Cl2N3O4S. The Kier molecular flexibility index (Phi) is 10.6. The third kappa shape index (κ3) is 7.91. The third-order valence-electron chi connectivity index (χ3n) is 6.61. The number of carbonyl (C=O) groups excluding carboxylic acids is 2. The summed E-state index contributed by atoms with van der Waals surface area (Å²) in [5.41, 5.74) is 1.86. The van der Waals surface area contributed by atoms with Crippen LogP contribution in [0.5, 0.6) is 0 Å². The summed E-state index contributed by atoms with van der Waals surface area (Å²) in [4.78, 5) is 29.2. The lowest BCUT2D eigenvalue weighted by atomic mass is 10.0. The maximum Gasteiger partial charge on any atom is 0.264 e. The molecule has 7 nitrogen and oxygen atoms in total. The van der Waals surface area contributed by atoms with Gasteiger partial charge in [-0.25, -0.2) is 8.42 Å². The van der Waals surface area contributed by atoms with E-state index < -0.39 is 28.5 Å². The number of halogens is 2. The number of nitrogens with zero attached hydrogens (tertiary/aromatic N) is 2. The molecule has 0 saturated heterocycles. The highest BCUT2D eigenvalue weighted by Gasteiger charge is 2.34. The van der Waals surface area contributed by atoms with Gasteiger partial charge in [-0.3, -0.25) is 13.9 Å². The van der Waals surface area contributed by atoms with Crippen LogP contribution in [0, 0.1) is 0 Å². The molecule has 42 heavy (non-hydrogen) atoms. The fourth-order valence-electron chi connectivity index (χ4n) is 4.49. The molecule has 4 rings (SSSR count). The van der Waals surface area contributed by atoms with Crippen LogP contribution in [0.3, 0.4) is 0 Å². The van der Waals surface area contributed by atoms with E-state index in [1.807, 2.05) is 30.3 Å². The van der Waals surface area contributed by atoms with Gasteiger partial charge in [0.05, 0.1) is 10.6 Å². The molecule has 0 spiro atoms. The van der Waals surface area contributed by atoms with E-state index in [0.29, 0.717) is 16.6 Å². The van der Waals surface area contributed by atoms with Crippen molar-refractivity contribution in [3.63, 3.8) is 0 Å². The second-order valence-electron chi connectivity index (χ2n) is 9.55. The zero-order valence-electron chi connectivity index (χ0n) is 23.0. The van der Waals surface area contributed by atoms with Gasteiger partial charge < -0.3 is 10.2 Å². The Bertz CT molecular complexity index is 1580. The topological polar surface area (TPSA) is 86.8 Å². The predicted octanol–water partition coefficient (Wildman–Crippen LogP) is 5.96. The largest absolute Gasteiger partial charge is 0.355 e. The summed E-state index contributed by atoms with van der Waals surface area (Å²) in [6.45, 7) is 1.69. The summed E-state index contributed by atoms with van der Waals surface area (Å²) >= 11 is 12.2. The van der Waals surface area contributed by atoms with Gasteiger partial charge in [0.2, 0.25) is 11.8 Å². The van der Waals surface area contributed by atoms with Crippen LogP contribution in [0.15, 0.2) is 114 Å². The van der Waals surface area contributed by atoms with Crippen LogP contribution in [0.4, 0.5) is 5.69 Å². The standard InChI is InChI=1S/C32H31Cl2N3O4S/c1-2-35-32(39)30(21-24-9-5-3-6-10-24)36(22-25-13-15-26(33)16-14-25)31(38)23-37(28-19-17-27(34)18-20-28)42(40,41)29-11-7-4-8-12-29/h3-20,30H,2,21-23H2,1H3,(H,35,39). The minimum Gasteiger partial charge on any atom is -0.355 e. The molecule has 0 fully saturated rings. The quantitative estimate of drug-likeness (QED) is 0.211. The van der Waals surface area contributed by atoms with Crippen LogP contribution in [0.2, 0.25) is 10.0 Å². The number of nitrogens with one attached hydrogen (secondary N) is 1. The number of anilines is 1. The zero-order valence-corrected chi connectivity index (χ0v) is 25.3. The van der Waals surface area contributed by atoms with Gasteiger partial charge in [0.15, 0.2) is 0 Å². The van der Waals surface area contributed by atoms with Crippen molar-refractivity contribution in [1.82, 2.24) is 10.2 Å². The van der Waals surface area contributed by atoms with E-state index in [-0.39, 0.29) is 29.5 Å². The fourth-order valence-corrected chi connectivity index (χ4v) is 6.18. The van der Waals surface area contributed by atoms with Crippen LogP contribution in [0.25, 0.3) is 0 Å². The fraction of sp³-hybridized carbons (Fsp3) is 0.188. The van der Waals surface area contributed by atoms with Gasteiger partial charge in [-0.1, -0.05) is 83.9 Å². The summed E-state index contributed by atoms with van der Waals surface area (Å²) in [6.07, 6.45) is 0.235. The smallest absolute Gasteiger partial charge is 0.264 e. The van der Waals surface area contributed by atoms with Gasteiger partial charge in [0.25, 0.3) is 10.0 Å². The van der Waals surface area contributed by atoms with E-state index in [9.17, 15) is 18.0 Å². The van der Waals surface area contributed by atoms with Crippen molar-refractivity contribution in [2.45, 2.75) is 30.8 Å². The lowest BCUT2D eigenvalue weighted by Gasteiger charge is -2.33. The van der Waals surface area contributed by atoms with Gasteiger partial charge in [0.1, 0.15) is 12.6 Å². The van der Waals surface area contributed by atoms with Gasteiger partial charge in [-0.05, 0) is 66.6 Å². The monoisotopic (exact) mass is 623 g/mol. The summed E-state index contributed by atoms with van der Waals surface area (Å²) < 4.78 is 28.8. The first kappa shape index (κ1) is 31.1. The van der Waals surface area contributed by atoms with E-state index >= 15 is 0 Å². The number of sulfonamides is 1. The predicted molar refractivity (Wildman–Crippen MR) is 167 cm³/mol. The molecule has 0 bridgehead atoms. The number of carbonyl (C=O) groups is 2. The van der Waals surface area contributed by atoms with Gasteiger partial charge >= 0.3 is 0 Å². The minimum atomic E-state index is -4.16. The minimum absolute atomic E-state index is 0.0292. The van der Waals surface area contributed by atoms with E-state index in [2.05, 4.69) is 5.32 Å². The molecule has 2 amide bonds. The Hall–Kier alpha value is -3.85. The highest BCUT2D eigenvalue weighted by Crippen LogP contribution is 2.26. The summed E-state index contributed by atoms with van der Waals surface area (Å²) in [5, 5.41) is 3.80. The van der Waals surface area contributed by atoms with Gasteiger partial charge in [-0.2, -0.15) is 0 Å². The molecule has 0 radical (unpaired) electrons. The Morgan fingerprint density at radius 3 is 1.88 bits per heavy atom. The van der Waals surface area contributed by atoms with Crippen LogP contribution in [0.1, 0.15) is 18.1 Å². The Morgan fingerprint density at radius 1 is 0.762 bits per heavy atom. The first-order valence-electron chi connectivity index (χ1n) is 13.4. The molecule has 1 atom stereocenters. The molecule has 10 heteroatoms. The molecular weight excluding hydrogens is 593 g/mol. The first-order valence-corrected chi connectivity index (χ1v) is 15.6. The normalized spacial score (nSPS) is 11.9. The van der Waals surface area contributed by atoms with Crippen molar-refractivity contribution < 1.29 is 18.0 Å². The molecule has 0 aliphatic carbocycles. The van der Waals surface area contributed by atoms with E-state index in [1.165, 1.54) is 17.0 Å². The van der Waals surface area contributed by atoms with Crippen molar-refractivity contribution in [3.8, 4) is 0 Å². The zero-order chi connectivity index (χ0) is 30.1. The Labute approximate surface area is 256 Å². The SMILES string of the molecule is CCNC(=O)C(Cc1ccccc1)N(Cc1ccc(Cl)cc1)C(=O)CN(c1ccc(Cl)cc1)S(=O)(=O)c1ccccc1. The molecule has 0 saturated carbocycles. The van der Waals surface area contributed by atoms with Crippen LogP contribution < -0.4 is 9.62 Å². The average molecular weight is 625 g/mol. The molecule has 0 heterocycles. The molecule has 0 aromatic heterocycles. The highest BCUT2D eigenvalue weighted by atomic mass is 35.5. The molecule has 1 N–H and O–H groups in total. The van der Waals surface area contributed by atoms with Crippen molar-refractivity contribution in [2.24, 2.45) is 0 Å². The van der Waals surface area contributed by atoms with Crippen LogP contribution in [-0.2, 0) is 32.6 Å². The number of hydrogen-bond donors (Lipinski definition) is 1. The van der Waals surface area contributed by atoms with Crippen LogP contribution in [-0.4, -0.2) is 44.3 Å². The molecule has 4 aromatic rings. The molecule has 218 valence electrons. The van der Waals surface area contributed by atoms with E-state index in [4.69, 9.17) is 23.2 Å². The average Bonchev–Trinajstić information content (AvgIpc) is 3.00. The second-order valence-corrected chi connectivity index (χ2v) is 12.3. The highest BCUT2D eigenvalue weighted by molar-refractivity contribution is 7.92. The van der Waals surface area contributed by atoms with Crippen molar-refractivity contribution in [3.05, 3.63) is 130 Å². The second kappa shape index (κ2) is 14.4. The van der Waals surface area contributed by atoms with E-state index in [0.717, 1.165) is 15.4 Å². The summed E-state index contributed by atoms with van der Waals surface area (Å²) in [7, 11) is -4.16. The molecule has 0 aliphatic rings. The molecule has 1 unspecified atom stereocenters. The summed E-state index contributed by atoms with van der Waals surface area (Å²) in [6, 6.07) is 29.5. The first-order chi connectivity index (χ1) is 20.2. The van der Waals surface area contributed by atoms with Crippen molar-refractivity contribution in [1.29, 1.82) is 0 Å². The van der Waals surface area contributed by atoms with Gasteiger partial charge in [0, 0.05) is 29.6 Å². The van der Waals surface area contributed by atoms with Crippen LogP contribution >= 0.6 is 23.2 Å². The number of benzene rings is 4. The number of rotatable bonds is 12. The number of amides is 2. The van der Waals surface area contributed by atoms with Crippen molar-refractivity contribution >= 4 is 50.7 Å². The molecule has 4 aromatic carbocycles. The lowest BCUT2D eigenvalue weighted by molar-refractivity contribution is -0.140.